The molecule has 0 radical (unpaired) electrons. The molecule has 0 saturated heterocycles. The zero-order valence-electron chi connectivity index (χ0n) is 8.10. The van der Waals surface area contributed by atoms with Crippen molar-refractivity contribution in [3.8, 4) is 0 Å². The van der Waals surface area contributed by atoms with Crippen LogP contribution in [0, 0.1) is 11.8 Å². The number of hydrogen-bond acceptors (Lipinski definition) is 1. The van der Waals surface area contributed by atoms with Crippen molar-refractivity contribution in [2.75, 3.05) is 6.54 Å². The molecule has 0 aromatic heterocycles. The predicted molar refractivity (Wildman–Crippen MR) is 49.8 cm³/mol. The Kier molecular flexibility index (Phi) is 3.57. The first-order valence-corrected chi connectivity index (χ1v) is 4.95. The van der Waals surface area contributed by atoms with Gasteiger partial charge in [0.05, 0.1) is 0 Å². The van der Waals surface area contributed by atoms with Gasteiger partial charge in [0.1, 0.15) is 0 Å². The van der Waals surface area contributed by atoms with Crippen LogP contribution < -0.4 is 5.32 Å². The van der Waals surface area contributed by atoms with Crippen LogP contribution in [0.25, 0.3) is 0 Å². The summed E-state index contributed by atoms with van der Waals surface area (Å²) in [6.07, 6.45) is 4.61. The molecule has 2 nitrogen and oxygen atoms in total. The second kappa shape index (κ2) is 4.48. The molecule has 0 atom stereocenters. The molecule has 12 heavy (non-hydrogen) atoms. The monoisotopic (exact) mass is 169 g/mol. The standard InChI is InChI=1S/C10H19NO/c1-8(2)7-10(12)11-6-5-9-3-4-9/h8-9H,3-7H2,1-2H3,(H,11,12). The van der Waals surface area contributed by atoms with Crippen LogP contribution >= 0.6 is 0 Å². The minimum Gasteiger partial charge on any atom is -0.356 e. The third-order valence-corrected chi connectivity index (χ3v) is 2.17. The van der Waals surface area contributed by atoms with Crippen molar-refractivity contribution in [2.45, 2.75) is 39.5 Å². The first-order chi connectivity index (χ1) is 5.68. The van der Waals surface area contributed by atoms with Gasteiger partial charge in [-0.3, -0.25) is 4.79 Å². The Bertz CT molecular complexity index is 150. The second-order valence-corrected chi connectivity index (χ2v) is 4.18. The summed E-state index contributed by atoms with van der Waals surface area (Å²) in [6, 6.07) is 0. The molecule has 0 aromatic rings. The first kappa shape index (κ1) is 9.56. The molecule has 1 aliphatic rings. The first-order valence-electron chi connectivity index (χ1n) is 4.95. The van der Waals surface area contributed by atoms with Crippen LogP contribution in [0.4, 0.5) is 0 Å². The maximum Gasteiger partial charge on any atom is 0.220 e. The Balaban J connectivity index is 1.93. The molecule has 0 unspecified atom stereocenters. The highest BCUT2D eigenvalue weighted by atomic mass is 16.1. The van der Waals surface area contributed by atoms with Gasteiger partial charge in [-0.1, -0.05) is 26.7 Å². The number of carbonyl (C=O) groups excluding carboxylic acids is 1. The van der Waals surface area contributed by atoms with Gasteiger partial charge in [0.25, 0.3) is 0 Å². The van der Waals surface area contributed by atoms with Gasteiger partial charge < -0.3 is 5.32 Å². The Hall–Kier alpha value is -0.530. The highest BCUT2D eigenvalue weighted by Crippen LogP contribution is 2.31. The van der Waals surface area contributed by atoms with Crippen molar-refractivity contribution >= 4 is 5.91 Å². The van der Waals surface area contributed by atoms with Gasteiger partial charge in [-0.15, -0.1) is 0 Å². The van der Waals surface area contributed by atoms with Crippen molar-refractivity contribution in [2.24, 2.45) is 11.8 Å². The van der Waals surface area contributed by atoms with Crippen molar-refractivity contribution < 1.29 is 4.79 Å². The lowest BCUT2D eigenvalue weighted by molar-refractivity contribution is -0.121. The van der Waals surface area contributed by atoms with Gasteiger partial charge in [0, 0.05) is 13.0 Å². The lowest BCUT2D eigenvalue weighted by atomic mass is 10.1. The molecule has 1 fully saturated rings. The van der Waals surface area contributed by atoms with E-state index in [-0.39, 0.29) is 5.91 Å². The van der Waals surface area contributed by atoms with E-state index in [0.29, 0.717) is 12.3 Å². The van der Waals surface area contributed by atoms with Crippen molar-refractivity contribution in [3.63, 3.8) is 0 Å². The minimum atomic E-state index is 0.214. The predicted octanol–water partition coefficient (Wildman–Crippen LogP) is 1.95. The summed E-state index contributed by atoms with van der Waals surface area (Å²) in [7, 11) is 0. The SMILES string of the molecule is CC(C)CC(=O)NCCC1CC1. The van der Waals surface area contributed by atoms with Crippen LogP contribution in [0.15, 0.2) is 0 Å². The Morgan fingerprint density at radius 3 is 2.67 bits per heavy atom. The van der Waals surface area contributed by atoms with E-state index in [1.807, 2.05) is 0 Å². The minimum absolute atomic E-state index is 0.214. The van der Waals surface area contributed by atoms with Crippen LogP contribution in [0.5, 0.6) is 0 Å². The average Bonchev–Trinajstić information content (AvgIpc) is 2.69. The maximum atomic E-state index is 11.1. The van der Waals surface area contributed by atoms with E-state index < -0.39 is 0 Å². The zero-order chi connectivity index (χ0) is 8.97. The molecule has 70 valence electrons. The van der Waals surface area contributed by atoms with Gasteiger partial charge in [0.2, 0.25) is 5.91 Å². The summed E-state index contributed by atoms with van der Waals surface area (Å²) < 4.78 is 0. The number of carbonyl (C=O) groups is 1. The third-order valence-electron chi connectivity index (χ3n) is 2.17. The molecule has 2 heteroatoms. The molecule has 0 bridgehead atoms. The van der Waals surface area contributed by atoms with Gasteiger partial charge in [-0.05, 0) is 18.3 Å². The van der Waals surface area contributed by atoms with Gasteiger partial charge in [-0.25, -0.2) is 0 Å². The van der Waals surface area contributed by atoms with Crippen LogP contribution in [-0.2, 0) is 4.79 Å². The Morgan fingerprint density at radius 2 is 2.17 bits per heavy atom. The molecule has 1 aliphatic carbocycles. The maximum absolute atomic E-state index is 11.1. The highest BCUT2D eigenvalue weighted by molar-refractivity contribution is 5.75. The lowest BCUT2D eigenvalue weighted by Gasteiger charge is -2.05. The summed E-state index contributed by atoms with van der Waals surface area (Å²) in [6.45, 7) is 5.02. The fourth-order valence-electron chi connectivity index (χ4n) is 1.27. The topological polar surface area (TPSA) is 29.1 Å². The molecule has 0 spiro atoms. The summed E-state index contributed by atoms with van der Waals surface area (Å²) >= 11 is 0. The molecule has 0 aromatic carbocycles. The summed E-state index contributed by atoms with van der Waals surface area (Å²) in [5.41, 5.74) is 0. The van der Waals surface area contributed by atoms with Crippen LogP contribution in [0.3, 0.4) is 0 Å². The van der Waals surface area contributed by atoms with E-state index in [1.165, 1.54) is 19.3 Å². The largest absolute Gasteiger partial charge is 0.356 e. The number of nitrogens with one attached hydrogen (secondary N) is 1. The van der Waals surface area contributed by atoms with E-state index in [1.54, 1.807) is 0 Å². The fourth-order valence-corrected chi connectivity index (χ4v) is 1.27. The normalized spacial score (nSPS) is 16.6. The van der Waals surface area contributed by atoms with Crippen LogP contribution in [0.2, 0.25) is 0 Å². The highest BCUT2D eigenvalue weighted by Gasteiger charge is 2.20. The summed E-state index contributed by atoms with van der Waals surface area (Å²) in [4.78, 5) is 11.1. The van der Waals surface area contributed by atoms with Crippen LogP contribution in [-0.4, -0.2) is 12.5 Å². The molecular weight excluding hydrogens is 150 g/mol. The second-order valence-electron chi connectivity index (χ2n) is 4.18. The van der Waals surface area contributed by atoms with Crippen molar-refractivity contribution in [3.05, 3.63) is 0 Å². The quantitative estimate of drug-likeness (QED) is 0.669. The zero-order valence-corrected chi connectivity index (χ0v) is 8.10. The summed E-state index contributed by atoms with van der Waals surface area (Å²) in [5, 5.41) is 2.95. The van der Waals surface area contributed by atoms with Crippen molar-refractivity contribution in [1.82, 2.24) is 5.32 Å². The van der Waals surface area contributed by atoms with Gasteiger partial charge in [-0.2, -0.15) is 0 Å². The van der Waals surface area contributed by atoms with E-state index in [4.69, 9.17) is 0 Å². The van der Waals surface area contributed by atoms with Crippen molar-refractivity contribution in [1.29, 1.82) is 0 Å². The molecule has 0 heterocycles. The van der Waals surface area contributed by atoms with Gasteiger partial charge >= 0.3 is 0 Å². The van der Waals surface area contributed by atoms with Crippen LogP contribution in [0.1, 0.15) is 39.5 Å². The Morgan fingerprint density at radius 1 is 1.50 bits per heavy atom. The number of hydrogen-bond donors (Lipinski definition) is 1. The average molecular weight is 169 g/mol. The lowest BCUT2D eigenvalue weighted by Crippen LogP contribution is -2.25. The molecule has 0 aliphatic heterocycles. The number of rotatable bonds is 5. The Labute approximate surface area is 74.7 Å². The van der Waals surface area contributed by atoms with E-state index in [9.17, 15) is 4.79 Å². The molecule has 1 rings (SSSR count). The van der Waals surface area contributed by atoms with E-state index in [2.05, 4.69) is 19.2 Å². The number of amides is 1. The van der Waals surface area contributed by atoms with E-state index in [0.717, 1.165) is 12.5 Å². The summed E-state index contributed by atoms with van der Waals surface area (Å²) in [5.74, 6) is 1.61. The fraction of sp³-hybridized carbons (Fsp3) is 0.900. The van der Waals surface area contributed by atoms with E-state index >= 15 is 0 Å². The third kappa shape index (κ3) is 4.37. The molecule has 1 amide bonds. The molecular formula is C10H19NO. The molecule has 1 N–H and O–H groups in total. The smallest absolute Gasteiger partial charge is 0.220 e. The van der Waals surface area contributed by atoms with Gasteiger partial charge in [0.15, 0.2) is 0 Å². The molecule has 1 saturated carbocycles.